The van der Waals surface area contributed by atoms with E-state index in [1.165, 1.54) is 5.57 Å². The molecule has 0 saturated heterocycles. The summed E-state index contributed by atoms with van der Waals surface area (Å²) in [6.07, 6.45) is 4.86. The third-order valence-corrected chi connectivity index (χ3v) is 1.20. The van der Waals surface area contributed by atoms with Crippen LogP contribution in [0.15, 0.2) is 23.6 Å². The SMILES string of the molecule is CC/C(F)=C\CC=C(C)C. The van der Waals surface area contributed by atoms with Crippen molar-refractivity contribution in [3.63, 3.8) is 0 Å². The molecule has 0 radical (unpaired) electrons. The zero-order valence-corrected chi connectivity index (χ0v) is 6.95. The Balaban J connectivity index is 3.63. The summed E-state index contributed by atoms with van der Waals surface area (Å²) >= 11 is 0. The van der Waals surface area contributed by atoms with Crippen LogP contribution in [0.1, 0.15) is 33.6 Å². The van der Waals surface area contributed by atoms with E-state index in [4.69, 9.17) is 0 Å². The molecule has 0 nitrogen and oxygen atoms in total. The van der Waals surface area contributed by atoms with Crippen LogP contribution in [0, 0.1) is 0 Å². The lowest BCUT2D eigenvalue weighted by Gasteiger charge is -1.88. The average molecular weight is 142 g/mol. The molecule has 58 valence electrons. The summed E-state index contributed by atoms with van der Waals surface area (Å²) in [6.45, 7) is 5.84. The van der Waals surface area contributed by atoms with E-state index >= 15 is 0 Å². The summed E-state index contributed by atoms with van der Waals surface area (Å²) < 4.78 is 12.4. The van der Waals surface area contributed by atoms with Crippen LogP contribution in [-0.2, 0) is 0 Å². The predicted octanol–water partition coefficient (Wildman–Crippen LogP) is 3.61. The molecule has 0 aliphatic carbocycles. The topological polar surface area (TPSA) is 0 Å². The second-order valence-corrected chi connectivity index (χ2v) is 2.52. The fraction of sp³-hybridized carbons (Fsp3) is 0.556. The van der Waals surface area contributed by atoms with Crippen LogP contribution in [0.4, 0.5) is 4.39 Å². The fourth-order valence-electron chi connectivity index (χ4n) is 0.567. The van der Waals surface area contributed by atoms with Gasteiger partial charge in [-0.15, -0.1) is 0 Å². The Kier molecular flexibility index (Phi) is 4.91. The minimum Gasteiger partial charge on any atom is -0.212 e. The monoisotopic (exact) mass is 142 g/mol. The molecule has 1 heteroatoms. The molecule has 0 rings (SSSR count). The molecule has 0 aromatic heterocycles. The second-order valence-electron chi connectivity index (χ2n) is 2.52. The largest absolute Gasteiger partial charge is 0.212 e. The van der Waals surface area contributed by atoms with Crippen LogP contribution in [-0.4, -0.2) is 0 Å². The van der Waals surface area contributed by atoms with E-state index < -0.39 is 0 Å². The van der Waals surface area contributed by atoms with Gasteiger partial charge in [-0.3, -0.25) is 0 Å². The van der Waals surface area contributed by atoms with Gasteiger partial charge in [0, 0.05) is 0 Å². The van der Waals surface area contributed by atoms with Crippen LogP contribution in [0.25, 0.3) is 0 Å². The van der Waals surface area contributed by atoms with Crippen molar-refractivity contribution in [1.29, 1.82) is 0 Å². The molecule has 0 N–H and O–H groups in total. The first kappa shape index (κ1) is 9.41. The number of hydrogen-bond donors (Lipinski definition) is 0. The third-order valence-electron chi connectivity index (χ3n) is 1.20. The van der Waals surface area contributed by atoms with Crippen LogP contribution in [0.5, 0.6) is 0 Å². The van der Waals surface area contributed by atoms with Crippen molar-refractivity contribution >= 4 is 0 Å². The molecule has 0 heterocycles. The molecule has 10 heavy (non-hydrogen) atoms. The van der Waals surface area contributed by atoms with E-state index in [9.17, 15) is 4.39 Å². The number of halogens is 1. The van der Waals surface area contributed by atoms with Gasteiger partial charge in [0.2, 0.25) is 0 Å². The van der Waals surface area contributed by atoms with E-state index in [0.29, 0.717) is 6.42 Å². The van der Waals surface area contributed by atoms with E-state index in [-0.39, 0.29) is 5.83 Å². The molecule has 0 spiro atoms. The molecule has 0 saturated carbocycles. The van der Waals surface area contributed by atoms with Crippen molar-refractivity contribution in [1.82, 2.24) is 0 Å². The van der Waals surface area contributed by atoms with E-state index in [2.05, 4.69) is 0 Å². The predicted molar refractivity (Wildman–Crippen MR) is 43.5 cm³/mol. The first-order chi connectivity index (χ1) is 4.66. The number of hydrogen-bond acceptors (Lipinski definition) is 0. The second kappa shape index (κ2) is 5.21. The van der Waals surface area contributed by atoms with Gasteiger partial charge in [0.25, 0.3) is 0 Å². The van der Waals surface area contributed by atoms with Crippen molar-refractivity contribution in [3.8, 4) is 0 Å². The minimum absolute atomic E-state index is 0.0162. The molecule has 0 aliphatic heterocycles. The normalized spacial score (nSPS) is 11.4. The highest BCUT2D eigenvalue weighted by Gasteiger charge is 1.85. The molecular formula is C9H15F. The Bertz CT molecular complexity index is 139. The summed E-state index contributed by atoms with van der Waals surface area (Å²) in [4.78, 5) is 0. The summed E-state index contributed by atoms with van der Waals surface area (Å²) in [5.74, 6) is -0.0162. The quantitative estimate of drug-likeness (QED) is 0.528. The summed E-state index contributed by atoms with van der Waals surface area (Å²) in [5, 5.41) is 0. The molecule has 0 unspecified atom stereocenters. The molecule has 0 aliphatic rings. The van der Waals surface area contributed by atoms with Gasteiger partial charge in [-0.25, -0.2) is 4.39 Å². The lowest BCUT2D eigenvalue weighted by Crippen LogP contribution is -1.69. The van der Waals surface area contributed by atoms with Crippen LogP contribution in [0.3, 0.4) is 0 Å². The van der Waals surface area contributed by atoms with Gasteiger partial charge in [0.15, 0.2) is 0 Å². The highest BCUT2D eigenvalue weighted by molar-refractivity contribution is 5.01. The van der Waals surface area contributed by atoms with Gasteiger partial charge in [0.05, 0.1) is 5.83 Å². The zero-order valence-electron chi connectivity index (χ0n) is 6.95. The van der Waals surface area contributed by atoms with Crippen LogP contribution in [0.2, 0.25) is 0 Å². The van der Waals surface area contributed by atoms with Crippen molar-refractivity contribution in [3.05, 3.63) is 23.6 Å². The van der Waals surface area contributed by atoms with Gasteiger partial charge in [0.1, 0.15) is 0 Å². The highest BCUT2D eigenvalue weighted by atomic mass is 19.1. The molecule has 0 bridgehead atoms. The van der Waals surface area contributed by atoms with Gasteiger partial charge in [-0.05, 0) is 32.8 Å². The van der Waals surface area contributed by atoms with Crippen molar-refractivity contribution in [2.75, 3.05) is 0 Å². The summed E-state index contributed by atoms with van der Waals surface area (Å²) in [7, 11) is 0. The van der Waals surface area contributed by atoms with Gasteiger partial charge >= 0.3 is 0 Å². The highest BCUT2D eigenvalue weighted by Crippen LogP contribution is 2.04. The average Bonchev–Trinajstić information content (AvgIpc) is 1.87. The van der Waals surface area contributed by atoms with Crippen molar-refractivity contribution in [2.45, 2.75) is 33.6 Å². The van der Waals surface area contributed by atoms with Gasteiger partial charge < -0.3 is 0 Å². The maximum Gasteiger partial charge on any atom is 0.0960 e. The smallest absolute Gasteiger partial charge is 0.0960 e. The van der Waals surface area contributed by atoms with Crippen LogP contribution >= 0.6 is 0 Å². The molecule has 0 atom stereocenters. The lowest BCUT2D eigenvalue weighted by atomic mass is 10.2. The number of rotatable bonds is 3. The molecule has 0 amide bonds. The van der Waals surface area contributed by atoms with E-state index in [0.717, 1.165) is 6.42 Å². The molecule has 0 aromatic carbocycles. The molecular weight excluding hydrogens is 127 g/mol. The lowest BCUT2D eigenvalue weighted by molar-refractivity contribution is 0.600. The first-order valence-corrected chi connectivity index (χ1v) is 3.64. The maximum absolute atomic E-state index is 12.4. The van der Waals surface area contributed by atoms with E-state index in [1.54, 1.807) is 6.08 Å². The third kappa shape index (κ3) is 5.54. The minimum atomic E-state index is -0.0162. The Hall–Kier alpha value is -0.590. The Labute approximate surface area is 62.4 Å². The van der Waals surface area contributed by atoms with E-state index in [1.807, 2.05) is 26.8 Å². The molecule has 0 fully saturated rings. The Morgan fingerprint density at radius 1 is 1.30 bits per heavy atom. The maximum atomic E-state index is 12.4. The summed E-state index contributed by atoms with van der Waals surface area (Å²) in [5.41, 5.74) is 1.24. The van der Waals surface area contributed by atoms with Crippen molar-refractivity contribution in [2.24, 2.45) is 0 Å². The molecule has 0 aromatic rings. The zero-order chi connectivity index (χ0) is 7.98. The Morgan fingerprint density at radius 3 is 2.30 bits per heavy atom. The van der Waals surface area contributed by atoms with Gasteiger partial charge in [-0.1, -0.05) is 18.6 Å². The first-order valence-electron chi connectivity index (χ1n) is 3.64. The standard InChI is InChI=1S/C9H15F/c1-4-9(10)7-5-6-8(2)3/h6-7H,4-5H2,1-3H3/b9-7+. The summed E-state index contributed by atoms with van der Waals surface area (Å²) in [6, 6.07) is 0. The van der Waals surface area contributed by atoms with Crippen LogP contribution < -0.4 is 0 Å². The number of allylic oxidation sites excluding steroid dienone is 4. The Morgan fingerprint density at radius 2 is 1.90 bits per heavy atom. The fourth-order valence-corrected chi connectivity index (χ4v) is 0.567. The van der Waals surface area contributed by atoms with Crippen molar-refractivity contribution < 1.29 is 4.39 Å². The van der Waals surface area contributed by atoms with Gasteiger partial charge in [-0.2, -0.15) is 0 Å².